The van der Waals surface area contributed by atoms with Crippen molar-refractivity contribution in [2.45, 2.75) is 65.3 Å². The Morgan fingerprint density at radius 1 is 1.12 bits per heavy atom. The zero-order valence-corrected chi connectivity index (χ0v) is 16.8. The number of aryl methyl sites for hydroxylation is 1. The zero-order chi connectivity index (χ0) is 18.7. The minimum absolute atomic E-state index is 0.336. The van der Waals surface area contributed by atoms with Crippen LogP contribution >= 0.6 is 0 Å². The second kappa shape index (κ2) is 5.81. The monoisotopic (exact) mass is 356 g/mol. The third kappa shape index (κ3) is 3.08. The van der Waals surface area contributed by atoms with Crippen molar-refractivity contribution in [3.8, 4) is 0 Å². The van der Waals surface area contributed by atoms with Gasteiger partial charge in [0.1, 0.15) is 12.4 Å². The molecule has 0 radical (unpaired) electrons. The fraction of sp³-hybridized carbons (Fsp3) is 0.650. The van der Waals surface area contributed by atoms with Crippen molar-refractivity contribution < 1.29 is 14.0 Å². The van der Waals surface area contributed by atoms with Gasteiger partial charge in [-0.2, -0.15) is 0 Å². The maximum atomic E-state index is 6.18. The molecule has 1 aliphatic carbocycles. The molecule has 1 aromatic carbocycles. The van der Waals surface area contributed by atoms with Crippen LogP contribution in [-0.4, -0.2) is 34.5 Å². The van der Waals surface area contributed by atoms with Crippen molar-refractivity contribution >= 4 is 23.6 Å². The average Bonchev–Trinajstić information content (AvgIpc) is 3.14. The van der Waals surface area contributed by atoms with E-state index in [0.29, 0.717) is 12.0 Å². The van der Waals surface area contributed by atoms with Crippen LogP contribution in [0, 0.1) is 5.41 Å². The van der Waals surface area contributed by atoms with E-state index in [1.807, 2.05) is 19.2 Å². The van der Waals surface area contributed by atoms with Crippen LogP contribution in [0.15, 0.2) is 18.2 Å². The summed E-state index contributed by atoms with van der Waals surface area (Å²) in [6, 6.07) is 6.21. The molecule has 140 valence electrons. The highest BCUT2D eigenvalue weighted by atomic mass is 16.7. The maximum absolute atomic E-state index is 6.18. The van der Waals surface area contributed by atoms with E-state index in [1.54, 1.807) is 0 Å². The molecule has 2 fully saturated rings. The van der Waals surface area contributed by atoms with Gasteiger partial charge in [-0.25, -0.2) is 4.98 Å². The Labute approximate surface area is 156 Å². The van der Waals surface area contributed by atoms with Crippen LogP contribution in [0.2, 0.25) is 0 Å². The van der Waals surface area contributed by atoms with Gasteiger partial charge in [-0.05, 0) is 63.5 Å². The summed E-state index contributed by atoms with van der Waals surface area (Å²) in [4.78, 5) is 4.73. The van der Waals surface area contributed by atoms with Crippen molar-refractivity contribution in [3.63, 3.8) is 0 Å². The van der Waals surface area contributed by atoms with Crippen LogP contribution in [-0.2, 0) is 27.7 Å². The van der Waals surface area contributed by atoms with E-state index >= 15 is 0 Å². The van der Waals surface area contributed by atoms with E-state index in [-0.39, 0.29) is 18.3 Å². The Bertz CT molecular complexity index is 823. The molecule has 0 unspecified atom stereocenters. The molecule has 5 nitrogen and oxygen atoms in total. The van der Waals surface area contributed by atoms with Gasteiger partial charge in [-0.3, -0.25) is 0 Å². The number of imidazole rings is 1. The fourth-order valence-corrected chi connectivity index (χ4v) is 3.26. The normalized spacial score (nSPS) is 22.9. The lowest BCUT2D eigenvalue weighted by atomic mass is 9.79. The summed E-state index contributed by atoms with van der Waals surface area (Å²) in [6.07, 6.45) is 2.54. The molecule has 6 heteroatoms. The molecule has 1 saturated carbocycles. The number of nitrogens with zero attached hydrogens (tertiary/aromatic N) is 2. The van der Waals surface area contributed by atoms with Crippen LogP contribution in [0.4, 0.5) is 0 Å². The van der Waals surface area contributed by atoms with Gasteiger partial charge in [-0.1, -0.05) is 13.0 Å². The number of aromatic nitrogens is 2. The fourth-order valence-electron chi connectivity index (χ4n) is 3.26. The summed E-state index contributed by atoms with van der Waals surface area (Å²) in [6.45, 7) is 11.9. The number of hydrogen-bond donors (Lipinski definition) is 0. The zero-order valence-electron chi connectivity index (χ0n) is 16.8. The predicted molar refractivity (Wildman–Crippen MR) is 103 cm³/mol. The molecule has 2 aromatic rings. The smallest absolute Gasteiger partial charge is 0.399 e. The molecule has 0 N–H and O–H groups in total. The highest BCUT2D eigenvalue weighted by Gasteiger charge is 2.51. The Hall–Kier alpha value is -1.37. The number of ether oxygens (including phenoxy) is 1. The summed E-state index contributed by atoms with van der Waals surface area (Å²) in [5, 5.41) is 0. The summed E-state index contributed by atoms with van der Waals surface area (Å²) >= 11 is 0. The molecule has 0 spiro atoms. The van der Waals surface area contributed by atoms with E-state index in [1.165, 1.54) is 12.8 Å². The highest BCUT2D eigenvalue weighted by Crippen LogP contribution is 2.45. The minimum atomic E-state index is -0.353. The lowest BCUT2D eigenvalue weighted by Crippen LogP contribution is -2.41. The van der Waals surface area contributed by atoms with Gasteiger partial charge in [-0.15, -0.1) is 0 Å². The summed E-state index contributed by atoms with van der Waals surface area (Å²) < 4.78 is 20.4. The first-order valence-corrected chi connectivity index (χ1v) is 9.49. The molecule has 1 saturated heterocycles. The van der Waals surface area contributed by atoms with Crippen LogP contribution in [0.3, 0.4) is 0 Å². The van der Waals surface area contributed by atoms with E-state index in [4.69, 9.17) is 19.0 Å². The average molecular weight is 356 g/mol. The molecule has 0 bridgehead atoms. The van der Waals surface area contributed by atoms with Crippen molar-refractivity contribution in [2.75, 3.05) is 6.61 Å². The number of hydrogen-bond acceptors (Lipinski definition) is 4. The van der Waals surface area contributed by atoms with Crippen molar-refractivity contribution in [1.29, 1.82) is 0 Å². The lowest BCUT2D eigenvalue weighted by molar-refractivity contribution is 0.00578. The summed E-state index contributed by atoms with van der Waals surface area (Å²) in [5.41, 5.74) is 2.80. The molecule has 2 heterocycles. The lowest BCUT2D eigenvalue weighted by Gasteiger charge is -2.32. The predicted octanol–water partition coefficient (Wildman–Crippen LogP) is 3.19. The van der Waals surface area contributed by atoms with E-state index in [0.717, 1.165) is 28.9 Å². The molecular formula is C20H29BN2O3. The highest BCUT2D eigenvalue weighted by molar-refractivity contribution is 6.62. The Morgan fingerprint density at radius 3 is 2.38 bits per heavy atom. The first-order valence-electron chi connectivity index (χ1n) is 9.49. The Kier molecular flexibility index (Phi) is 4.03. The minimum Gasteiger partial charge on any atom is -0.399 e. The topological polar surface area (TPSA) is 45.5 Å². The van der Waals surface area contributed by atoms with Crippen LogP contribution in [0.5, 0.6) is 0 Å². The van der Waals surface area contributed by atoms with E-state index < -0.39 is 0 Å². The second-order valence-corrected chi connectivity index (χ2v) is 9.23. The van der Waals surface area contributed by atoms with Crippen LogP contribution in [0.1, 0.15) is 53.3 Å². The molecule has 0 amide bonds. The van der Waals surface area contributed by atoms with Gasteiger partial charge >= 0.3 is 7.12 Å². The standard InChI is InChI=1S/C20H29BN2O3/c1-18(2)19(3,4)26-21(25-18)14-7-8-15-16(11-14)23(6)17(22-15)12-24-13-20(5)9-10-20/h7-8,11H,9-10,12-13H2,1-6H3. The Balaban J connectivity index is 1.54. The molecular weight excluding hydrogens is 327 g/mol. The molecule has 1 aromatic heterocycles. The van der Waals surface area contributed by atoms with Gasteiger partial charge in [0.2, 0.25) is 0 Å². The largest absolute Gasteiger partial charge is 0.494 e. The van der Waals surface area contributed by atoms with Crippen molar-refractivity contribution in [2.24, 2.45) is 12.5 Å². The SMILES string of the molecule is Cn1c(COCC2(C)CC2)nc2ccc(B3OC(C)(C)C(C)(C)O3)cc21. The third-order valence-electron chi connectivity index (χ3n) is 6.31. The number of benzene rings is 1. The van der Waals surface area contributed by atoms with Gasteiger partial charge in [0.05, 0.1) is 28.8 Å². The molecule has 2 aliphatic rings. The first kappa shape index (κ1) is 18.0. The van der Waals surface area contributed by atoms with E-state index in [2.05, 4.69) is 45.3 Å². The third-order valence-corrected chi connectivity index (χ3v) is 6.31. The second-order valence-electron chi connectivity index (χ2n) is 9.23. The van der Waals surface area contributed by atoms with Gasteiger partial charge < -0.3 is 18.6 Å². The summed E-state index contributed by atoms with van der Waals surface area (Å²) in [7, 11) is 1.69. The number of rotatable bonds is 5. The first-order chi connectivity index (χ1) is 12.1. The van der Waals surface area contributed by atoms with E-state index in [9.17, 15) is 0 Å². The summed E-state index contributed by atoms with van der Waals surface area (Å²) in [5.74, 6) is 0.954. The molecule has 1 aliphatic heterocycles. The van der Waals surface area contributed by atoms with Crippen LogP contribution in [0.25, 0.3) is 11.0 Å². The quantitative estimate of drug-likeness (QED) is 0.772. The number of fused-ring (bicyclic) bond motifs is 1. The van der Waals surface area contributed by atoms with Gasteiger partial charge in [0.25, 0.3) is 0 Å². The van der Waals surface area contributed by atoms with Crippen LogP contribution < -0.4 is 5.46 Å². The molecule has 0 atom stereocenters. The van der Waals surface area contributed by atoms with Crippen molar-refractivity contribution in [1.82, 2.24) is 9.55 Å². The van der Waals surface area contributed by atoms with Crippen molar-refractivity contribution in [3.05, 3.63) is 24.0 Å². The molecule has 26 heavy (non-hydrogen) atoms. The Morgan fingerprint density at radius 2 is 1.77 bits per heavy atom. The maximum Gasteiger partial charge on any atom is 0.494 e. The molecule has 4 rings (SSSR count). The van der Waals surface area contributed by atoms with Gasteiger partial charge in [0, 0.05) is 7.05 Å². The van der Waals surface area contributed by atoms with Gasteiger partial charge in [0.15, 0.2) is 0 Å².